The van der Waals surface area contributed by atoms with Gasteiger partial charge in [-0.1, -0.05) is 0 Å². The number of ketones is 1. The third-order valence-electron chi connectivity index (χ3n) is 2.44. The van der Waals surface area contributed by atoms with Crippen LogP contribution in [0.15, 0.2) is 29.9 Å². The summed E-state index contributed by atoms with van der Waals surface area (Å²) in [6.07, 6.45) is 2.99. The van der Waals surface area contributed by atoms with E-state index < -0.39 is 0 Å². The van der Waals surface area contributed by atoms with Crippen molar-refractivity contribution in [1.82, 2.24) is 9.97 Å². The number of fused-ring (bicyclic) bond motifs is 1. The van der Waals surface area contributed by atoms with Crippen molar-refractivity contribution in [3.63, 3.8) is 0 Å². The third-order valence-corrected chi connectivity index (χ3v) is 4.53. The number of nitrogens with zero attached hydrogens (tertiary/aromatic N) is 2. The lowest BCUT2D eigenvalue weighted by Crippen LogP contribution is -2.06. The molecule has 0 bridgehead atoms. The van der Waals surface area contributed by atoms with E-state index in [1.807, 2.05) is 17.5 Å². The summed E-state index contributed by atoms with van der Waals surface area (Å²) >= 11 is 3.09. The lowest BCUT2D eigenvalue weighted by atomic mass is 10.2. The van der Waals surface area contributed by atoms with Crippen LogP contribution in [0.2, 0.25) is 0 Å². The standard InChI is InChI=1S/C12H8N2O2S2/c1-16-12-10(13-3-4-14-12)11(15)9-6-8-7(18-9)2-5-17-8/h2-6H,1H3. The fourth-order valence-corrected chi connectivity index (χ4v) is 3.67. The number of hydrogen-bond acceptors (Lipinski definition) is 6. The van der Waals surface area contributed by atoms with Crippen LogP contribution < -0.4 is 4.74 Å². The lowest BCUT2D eigenvalue weighted by molar-refractivity contribution is 0.103. The Morgan fingerprint density at radius 1 is 1.28 bits per heavy atom. The second-order valence-corrected chi connectivity index (χ2v) is 5.53. The van der Waals surface area contributed by atoms with Gasteiger partial charge in [0, 0.05) is 21.8 Å². The topological polar surface area (TPSA) is 52.1 Å². The van der Waals surface area contributed by atoms with E-state index in [0.29, 0.717) is 4.88 Å². The number of aromatic nitrogens is 2. The van der Waals surface area contributed by atoms with Gasteiger partial charge in [-0.3, -0.25) is 4.79 Å². The van der Waals surface area contributed by atoms with Crippen LogP contribution in [0.1, 0.15) is 15.4 Å². The highest BCUT2D eigenvalue weighted by Crippen LogP contribution is 2.31. The predicted octanol–water partition coefficient (Wildman–Crippen LogP) is 2.99. The fraction of sp³-hybridized carbons (Fsp3) is 0.0833. The van der Waals surface area contributed by atoms with E-state index in [9.17, 15) is 4.79 Å². The first-order chi connectivity index (χ1) is 8.79. The van der Waals surface area contributed by atoms with Gasteiger partial charge in [0.05, 0.1) is 12.0 Å². The first-order valence-corrected chi connectivity index (χ1v) is 6.86. The average Bonchev–Trinajstić information content (AvgIpc) is 2.98. The Balaban J connectivity index is 2.06. The van der Waals surface area contributed by atoms with Gasteiger partial charge in [-0.05, 0) is 17.5 Å². The van der Waals surface area contributed by atoms with Crippen LogP contribution in [-0.4, -0.2) is 22.9 Å². The Morgan fingerprint density at radius 2 is 2.11 bits per heavy atom. The molecule has 0 N–H and O–H groups in total. The molecular weight excluding hydrogens is 268 g/mol. The highest BCUT2D eigenvalue weighted by molar-refractivity contribution is 7.28. The van der Waals surface area contributed by atoms with Crippen molar-refractivity contribution in [1.29, 1.82) is 0 Å². The number of ether oxygens (including phenoxy) is 1. The zero-order valence-electron chi connectivity index (χ0n) is 9.41. The smallest absolute Gasteiger partial charge is 0.243 e. The van der Waals surface area contributed by atoms with Crippen LogP contribution in [-0.2, 0) is 0 Å². The van der Waals surface area contributed by atoms with E-state index in [2.05, 4.69) is 9.97 Å². The van der Waals surface area contributed by atoms with Crippen molar-refractivity contribution in [3.8, 4) is 5.88 Å². The molecule has 0 fully saturated rings. The molecule has 0 saturated carbocycles. The maximum Gasteiger partial charge on any atom is 0.243 e. The first kappa shape index (κ1) is 11.3. The second kappa shape index (κ2) is 4.47. The van der Waals surface area contributed by atoms with Gasteiger partial charge in [0.25, 0.3) is 0 Å². The van der Waals surface area contributed by atoms with Crippen LogP contribution in [0.4, 0.5) is 0 Å². The molecule has 0 aliphatic heterocycles. The molecule has 3 aromatic rings. The molecule has 3 heterocycles. The summed E-state index contributed by atoms with van der Waals surface area (Å²) in [5, 5.41) is 2.01. The first-order valence-electron chi connectivity index (χ1n) is 5.16. The molecule has 0 spiro atoms. The number of thiophene rings is 2. The zero-order chi connectivity index (χ0) is 12.5. The molecule has 3 rings (SSSR count). The molecule has 0 aliphatic rings. The van der Waals surface area contributed by atoms with E-state index in [4.69, 9.17) is 4.74 Å². The Morgan fingerprint density at radius 3 is 2.89 bits per heavy atom. The fourth-order valence-electron chi connectivity index (χ4n) is 1.62. The molecule has 0 saturated heterocycles. The van der Waals surface area contributed by atoms with Gasteiger partial charge in [-0.15, -0.1) is 22.7 Å². The molecule has 0 unspecified atom stereocenters. The summed E-state index contributed by atoms with van der Waals surface area (Å²) in [6, 6.07) is 3.90. The summed E-state index contributed by atoms with van der Waals surface area (Å²) in [4.78, 5) is 21.0. The Kier molecular flexibility index (Phi) is 2.81. The summed E-state index contributed by atoms with van der Waals surface area (Å²) in [5.41, 5.74) is 0.258. The van der Waals surface area contributed by atoms with Crippen LogP contribution in [0.25, 0.3) is 9.40 Å². The number of carbonyl (C=O) groups is 1. The molecule has 0 radical (unpaired) electrons. The molecule has 3 aromatic heterocycles. The van der Waals surface area contributed by atoms with E-state index in [1.54, 1.807) is 11.3 Å². The van der Waals surface area contributed by atoms with Crippen molar-refractivity contribution in [2.75, 3.05) is 7.11 Å². The van der Waals surface area contributed by atoms with E-state index in [-0.39, 0.29) is 17.4 Å². The molecular formula is C12H8N2O2S2. The third kappa shape index (κ3) is 1.79. The highest BCUT2D eigenvalue weighted by Gasteiger charge is 2.19. The number of hydrogen-bond donors (Lipinski definition) is 0. The van der Waals surface area contributed by atoms with Crippen molar-refractivity contribution in [2.45, 2.75) is 0 Å². The normalized spacial score (nSPS) is 10.7. The SMILES string of the molecule is COc1nccnc1C(=O)c1cc2sccc2s1. The van der Waals surface area contributed by atoms with Crippen molar-refractivity contribution < 1.29 is 9.53 Å². The van der Waals surface area contributed by atoms with Crippen LogP contribution in [0.3, 0.4) is 0 Å². The van der Waals surface area contributed by atoms with E-state index in [0.717, 1.165) is 9.40 Å². The van der Waals surface area contributed by atoms with Gasteiger partial charge >= 0.3 is 0 Å². The quantitative estimate of drug-likeness (QED) is 0.690. The van der Waals surface area contributed by atoms with E-state index in [1.165, 1.54) is 30.8 Å². The minimum atomic E-state index is -0.145. The average molecular weight is 276 g/mol. The Labute approximate surface area is 111 Å². The molecule has 6 heteroatoms. The summed E-state index contributed by atoms with van der Waals surface area (Å²) in [5.74, 6) is 0.118. The second-order valence-electron chi connectivity index (χ2n) is 3.50. The molecule has 0 atom stereocenters. The molecule has 18 heavy (non-hydrogen) atoms. The minimum absolute atomic E-state index is 0.145. The predicted molar refractivity (Wildman–Crippen MR) is 71.7 cm³/mol. The van der Waals surface area contributed by atoms with Gasteiger partial charge in [-0.2, -0.15) is 0 Å². The van der Waals surface area contributed by atoms with Crippen molar-refractivity contribution >= 4 is 37.9 Å². The van der Waals surface area contributed by atoms with Crippen LogP contribution in [0.5, 0.6) is 5.88 Å². The van der Waals surface area contributed by atoms with Crippen molar-refractivity contribution in [3.05, 3.63) is 40.5 Å². The maximum atomic E-state index is 12.3. The number of carbonyl (C=O) groups excluding carboxylic acids is 1. The molecule has 0 amide bonds. The molecule has 90 valence electrons. The zero-order valence-corrected chi connectivity index (χ0v) is 11.0. The Bertz CT molecular complexity index is 689. The number of methoxy groups -OCH3 is 1. The van der Waals surface area contributed by atoms with Crippen LogP contribution in [0, 0.1) is 0 Å². The lowest BCUT2D eigenvalue weighted by Gasteiger charge is -2.02. The molecule has 0 aromatic carbocycles. The summed E-state index contributed by atoms with van der Waals surface area (Å²) in [6.45, 7) is 0. The number of rotatable bonds is 3. The minimum Gasteiger partial charge on any atom is -0.479 e. The Hall–Kier alpha value is -1.79. The largest absolute Gasteiger partial charge is 0.479 e. The monoisotopic (exact) mass is 276 g/mol. The molecule has 0 aliphatic carbocycles. The van der Waals surface area contributed by atoms with Crippen molar-refractivity contribution in [2.24, 2.45) is 0 Å². The van der Waals surface area contributed by atoms with Gasteiger partial charge in [0.2, 0.25) is 11.7 Å². The van der Waals surface area contributed by atoms with Gasteiger partial charge in [0.1, 0.15) is 0 Å². The van der Waals surface area contributed by atoms with Gasteiger partial charge in [-0.25, -0.2) is 9.97 Å². The maximum absolute atomic E-state index is 12.3. The van der Waals surface area contributed by atoms with Gasteiger partial charge < -0.3 is 4.74 Å². The van der Waals surface area contributed by atoms with Gasteiger partial charge in [0.15, 0.2) is 5.69 Å². The highest BCUT2D eigenvalue weighted by atomic mass is 32.1. The summed E-state index contributed by atoms with van der Waals surface area (Å²) in [7, 11) is 1.48. The van der Waals surface area contributed by atoms with E-state index >= 15 is 0 Å². The molecule has 4 nitrogen and oxygen atoms in total. The van der Waals surface area contributed by atoms with Crippen LogP contribution >= 0.6 is 22.7 Å². The summed E-state index contributed by atoms with van der Waals surface area (Å²) < 4.78 is 7.29.